The number of esters is 1. The highest BCUT2D eigenvalue weighted by Crippen LogP contribution is 2.22. The van der Waals surface area contributed by atoms with Gasteiger partial charge in [-0.15, -0.1) is 0 Å². The minimum Gasteiger partial charge on any atom is -0.449 e. The average Bonchev–Trinajstić information content (AvgIpc) is 3.14. The van der Waals surface area contributed by atoms with Gasteiger partial charge in [-0.1, -0.05) is 36.4 Å². The molecule has 0 bridgehead atoms. The normalized spacial score (nSPS) is 14.6. The number of carbonyl (C=O) groups excluding carboxylic acids is 3. The number of ether oxygens (including phenoxy) is 1. The summed E-state index contributed by atoms with van der Waals surface area (Å²) in [5.74, 6) is -0.804. The fourth-order valence-electron chi connectivity index (χ4n) is 3.25. The van der Waals surface area contributed by atoms with E-state index in [2.05, 4.69) is 0 Å². The number of hydrogen-bond acceptors (Lipinski definition) is 4. The highest BCUT2D eigenvalue weighted by atomic mass is 16.5. The first-order chi connectivity index (χ1) is 13.5. The van der Waals surface area contributed by atoms with E-state index in [1.807, 2.05) is 30.3 Å². The number of nitrogens with zero attached hydrogens (tertiary/aromatic N) is 2. The van der Waals surface area contributed by atoms with Crippen LogP contribution in [0.1, 0.15) is 35.7 Å². The summed E-state index contributed by atoms with van der Waals surface area (Å²) >= 11 is 0. The second-order valence-electron chi connectivity index (χ2n) is 6.93. The Kier molecular flexibility index (Phi) is 6.09. The van der Waals surface area contributed by atoms with Crippen LogP contribution in [0.5, 0.6) is 0 Å². The maximum atomic E-state index is 12.5. The zero-order chi connectivity index (χ0) is 20.1. The molecule has 1 heterocycles. The van der Waals surface area contributed by atoms with Gasteiger partial charge >= 0.3 is 5.97 Å². The lowest BCUT2D eigenvalue weighted by atomic mass is 10.2. The van der Waals surface area contributed by atoms with Crippen LogP contribution < -0.4 is 4.90 Å². The molecule has 28 heavy (non-hydrogen) atoms. The average molecular weight is 380 g/mol. The molecule has 0 aliphatic carbocycles. The summed E-state index contributed by atoms with van der Waals surface area (Å²) in [6.45, 7) is 2.65. The first-order valence-electron chi connectivity index (χ1n) is 9.36. The van der Waals surface area contributed by atoms with Crippen molar-refractivity contribution in [2.45, 2.75) is 32.4 Å². The molecule has 2 aromatic rings. The molecule has 0 spiro atoms. The van der Waals surface area contributed by atoms with Crippen LogP contribution in [-0.4, -0.2) is 42.4 Å². The quantitative estimate of drug-likeness (QED) is 0.723. The van der Waals surface area contributed by atoms with E-state index in [9.17, 15) is 14.4 Å². The zero-order valence-electron chi connectivity index (χ0n) is 16.1. The van der Waals surface area contributed by atoms with Crippen LogP contribution in [0.4, 0.5) is 5.69 Å². The lowest BCUT2D eigenvalue weighted by molar-refractivity contribution is -0.139. The van der Waals surface area contributed by atoms with Gasteiger partial charge in [-0.2, -0.15) is 0 Å². The Hall–Kier alpha value is -3.15. The molecule has 2 aromatic carbocycles. The van der Waals surface area contributed by atoms with Crippen molar-refractivity contribution in [3.05, 3.63) is 65.7 Å². The lowest BCUT2D eigenvalue weighted by Gasteiger charge is -2.22. The van der Waals surface area contributed by atoms with Gasteiger partial charge in [0.05, 0.1) is 5.56 Å². The number of hydrogen-bond donors (Lipinski definition) is 0. The van der Waals surface area contributed by atoms with Crippen molar-refractivity contribution in [1.82, 2.24) is 4.90 Å². The molecule has 1 saturated heterocycles. The Bertz CT molecular complexity index is 866. The van der Waals surface area contributed by atoms with Gasteiger partial charge in [0.15, 0.2) is 6.10 Å². The van der Waals surface area contributed by atoms with Gasteiger partial charge in [0, 0.05) is 32.2 Å². The largest absolute Gasteiger partial charge is 0.449 e. The topological polar surface area (TPSA) is 66.9 Å². The number of rotatable bonds is 6. The molecular weight excluding hydrogens is 356 g/mol. The van der Waals surface area contributed by atoms with Crippen molar-refractivity contribution >= 4 is 23.5 Å². The molecule has 6 nitrogen and oxygen atoms in total. The van der Waals surface area contributed by atoms with Gasteiger partial charge in [-0.05, 0) is 37.1 Å². The third-order valence-corrected chi connectivity index (χ3v) is 4.74. The molecule has 1 aliphatic heterocycles. The molecule has 0 radical (unpaired) electrons. The monoisotopic (exact) mass is 380 g/mol. The summed E-state index contributed by atoms with van der Waals surface area (Å²) < 4.78 is 5.37. The minimum atomic E-state index is -0.904. The number of carbonyl (C=O) groups is 3. The molecule has 0 saturated carbocycles. The second kappa shape index (κ2) is 8.69. The summed E-state index contributed by atoms with van der Waals surface area (Å²) in [7, 11) is 1.68. The highest BCUT2D eigenvalue weighted by Gasteiger charge is 2.25. The molecular formula is C22H24N2O4. The van der Waals surface area contributed by atoms with Gasteiger partial charge in [0.1, 0.15) is 0 Å². The molecule has 3 rings (SSSR count). The molecule has 1 fully saturated rings. The predicted octanol–water partition coefficient (Wildman–Crippen LogP) is 3.02. The number of likely N-dealkylation sites (N-methyl/N-ethyl adjacent to an activating group) is 1. The van der Waals surface area contributed by atoms with Gasteiger partial charge in [-0.3, -0.25) is 9.59 Å². The van der Waals surface area contributed by atoms with Gasteiger partial charge in [0.2, 0.25) is 5.91 Å². The molecule has 1 aliphatic rings. The maximum absolute atomic E-state index is 12.5. The molecule has 1 atom stereocenters. The van der Waals surface area contributed by atoms with E-state index in [0.717, 1.165) is 12.0 Å². The third-order valence-electron chi connectivity index (χ3n) is 4.74. The fraction of sp³-hybridized carbons (Fsp3) is 0.318. The van der Waals surface area contributed by atoms with Crippen molar-refractivity contribution in [2.75, 3.05) is 18.5 Å². The Balaban J connectivity index is 1.62. The van der Waals surface area contributed by atoms with Crippen LogP contribution >= 0.6 is 0 Å². The summed E-state index contributed by atoms with van der Waals surface area (Å²) in [6.07, 6.45) is 0.430. The molecule has 0 aromatic heterocycles. The predicted molar refractivity (Wildman–Crippen MR) is 106 cm³/mol. The molecule has 6 heteroatoms. The van der Waals surface area contributed by atoms with Crippen molar-refractivity contribution in [3.63, 3.8) is 0 Å². The van der Waals surface area contributed by atoms with E-state index in [0.29, 0.717) is 30.8 Å². The van der Waals surface area contributed by atoms with E-state index in [1.165, 1.54) is 4.90 Å². The van der Waals surface area contributed by atoms with Crippen LogP contribution in [0.3, 0.4) is 0 Å². The number of anilines is 1. The minimum absolute atomic E-state index is 0.0524. The van der Waals surface area contributed by atoms with Crippen molar-refractivity contribution in [2.24, 2.45) is 0 Å². The Morgan fingerprint density at radius 1 is 1.14 bits per heavy atom. The highest BCUT2D eigenvalue weighted by molar-refractivity contribution is 5.98. The van der Waals surface area contributed by atoms with Crippen molar-refractivity contribution in [3.8, 4) is 0 Å². The lowest BCUT2D eigenvalue weighted by Crippen LogP contribution is -2.37. The molecule has 2 amide bonds. The van der Waals surface area contributed by atoms with E-state index >= 15 is 0 Å². The van der Waals surface area contributed by atoms with Crippen LogP contribution in [0.15, 0.2) is 54.6 Å². The first-order valence-corrected chi connectivity index (χ1v) is 9.36. The molecule has 1 unspecified atom stereocenters. The van der Waals surface area contributed by atoms with E-state index in [-0.39, 0.29) is 11.8 Å². The van der Waals surface area contributed by atoms with Crippen LogP contribution in [0.25, 0.3) is 0 Å². The van der Waals surface area contributed by atoms with Gasteiger partial charge in [-0.25, -0.2) is 4.79 Å². The van der Waals surface area contributed by atoms with Crippen molar-refractivity contribution in [1.29, 1.82) is 0 Å². The summed E-state index contributed by atoms with van der Waals surface area (Å²) in [5, 5.41) is 0. The smallest absolute Gasteiger partial charge is 0.338 e. The summed E-state index contributed by atoms with van der Waals surface area (Å²) in [5.41, 5.74) is 2.00. The fourth-order valence-corrected chi connectivity index (χ4v) is 3.25. The third kappa shape index (κ3) is 4.57. The van der Waals surface area contributed by atoms with E-state index in [4.69, 9.17) is 4.74 Å². The zero-order valence-corrected chi connectivity index (χ0v) is 16.1. The molecule has 0 N–H and O–H groups in total. The standard InChI is InChI=1S/C22H24N2O4/c1-16(21(26)23(2)15-17-8-4-3-5-9-17)28-22(27)18-10-6-11-19(14-18)24-13-7-12-20(24)25/h3-6,8-11,14,16H,7,12-13,15H2,1-2H3. The van der Waals surface area contributed by atoms with Gasteiger partial charge in [0.25, 0.3) is 5.91 Å². The maximum Gasteiger partial charge on any atom is 0.338 e. The summed E-state index contributed by atoms with van der Waals surface area (Å²) in [6, 6.07) is 16.4. The Morgan fingerprint density at radius 3 is 2.57 bits per heavy atom. The van der Waals surface area contributed by atoms with E-state index < -0.39 is 12.1 Å². The number of benzene rings is 2. The Labute approximate surface area is 164 Å². The van der Waals surface area contributed by atoms with Crippen LogP contribution in [0, 0.1) is 0 Å². The van der Waals surface area contributed by atoms with Crippen LogP contribution in [0.2, 0.25) is 0 Å². The summed E-state index contributed by atoms with van der Waals surface area (Å²) in [4.78, 5) is 40.1. The van der Waals surface area contributed by atoms with Crippen molar-refractivity contribution < 1.29 is 19.1 Å². The van der Waals surface area contributed by atoms with Crippen LogP contribution in [-0.2, 0) is 20.9 Å². The Morgan fingerprint density at radius 2 is 1.89 bits per heavy atom. The van der Waals surface area contributed by atoms with Gasteiger partial charge < -0.3 is 14.5 Å². The molecule has 146 valence electrons. The first kappa shape index (κ1) is 19.6. The SMILES string of the molecule is CC(OC(=O)c1cccc(N2CCCC2=O)c1)C(=O)N(C)Cc1ccccc1. The number of amides is 2. The second-order valence-corrected chi connectivity index (χ2v) is 6.93. The van der Waals surface area contributed by atoms with E-state index in [1.54, 1.807) is 43.1 Å².